The number of carbonyl (C=O) groups is 1. The van der Waals surface area contributed by atoms with Crippen molar-refractivity contribution in [2.24, 2.45) is 12.0 Å². The van der Waals surface area contributed by atoms with E-state index in [0.717, 1.165) is 10.2 Å². The lowest BCUT2D eigenvalue weighted by molar-refractivity contribution is 0.0994. The standard InChI is InChI=1S/C17H12ClFN2O3S/c1-21-11-7-12-13(24-6-5-23-12)8-14(11)25-17(21)20-16(22)15-9(18)3-2-4-10(15)19/h2-4,7-8H,5-6H2,1H3. The molecule has 1 aliphatic heterocycles. The highest BCUT2D eigenvalue weighted by Gasteiger charge is 2.18. The summed E-state index contributed by atoms with van der Waals surface area (Å²) in [6.45, 7) is 0.991. The lowest BCUT2D eigenvalue weighted by Gasteiger charge is -2.18. The smallest absolute Gasteiger partial charge is 0.284 e. The van der Waals surface area contributed by atoms with Gasteiger partial charge >= 0.3 is 0 Å². The van der Waals surface area contributed by atoms with Gasteiger partial charge in [-0.05, 0) is 12.1 Å². The first-order valence-corrected chi connectivity index (χ1v) is 8.66. The number of halogens is 2. The van der Waals surface area contributed by atoms with E-state index in [9.17, 15) is 9.18 Å². The van der Waals surface area contributed by atoms with Crippen LogP contribution in [0.4, 0.5) is 4.39 Å². The minimum absolute atomic E-state index is 0.0368. The number of benzene rings is 2. The van der Waals surface area contributed by atoms with Crippen LogP contribution in [0.3, 0.4) is 0 Å². The molecule has 1 amide bonds. The van der Waals surface area contributed by atoms with E-state index in [4.69, 9.17) is 21.1 Å². The Bertz CT molecular complexity index is 1050. The van der Waals surface area contributed by atoms with Crippen molar-refractivity contribution in [1.82, 2.24) is 4.57 Å². The monoisotopic (exact) mass is 378 g/mol. The third kappa shape index (κ3) is 2.79. The topological polar surface area (TPSA) is 52.8 Å². The van der Waals surface area contributed by atoms with Gasteiger partial charge in [-0.1, -0.05) is 29.0 Å². The Morgan fingerprint density at radius 1 is 1.28 bits per heavy atom. The number of nitrogens with zero attached hydrogens (tertiary/aromatic N) is 2. The molecule has 0 saturated heterocycles. The maximum Gasteiger partial charge on any atom is 0.284 e. The number of amides is 1. The molecule has 4 rings (SSSR count). The van der Waals surface area contributed by atoms with Crippen molar-refractivity contribution in [2.45, 2.75) is 0 Å². The highest BCUT2D eigenvalue weighted by molar-refractivity contribution is 7.16. The minimum Gasteiger partial charge on any atom is -0.486 e. The zero-order chi connectivity index (χ0) is 17.6. The molecule has 25 heavy (non-hydrogen) atoms. The summed E-state index contributed by atoms with van der Waals surface area (Å²) in [5.41, 5.74) is 0.619. The van der Waals surface area contributed by atoms with Crippen molar-refractivity contribution in [3.05, 3.63) is 51.5 Å². The molecule has 2 aromatic carbocycles. The van der Waals surface area contributed by atoms with Gasteiger partial charge in [0.1, 0.15) is 19.0 Å². The van der Waals surface area contributed by atoms with Gasteiger partial charge in [0, 0.05) is 19.2 Å². The Morgan fingerprint density at radius 2 is 2.00 bits per heavy atom. The molecule has 1 aromatic heterocycles. The van der Waals surface area contributed by atoms with Crippen LogP contribution in [-0.4, -0.2) is 23.7 Å². The van der Waals surface area contributed by atoms with Gasteiger partial charge < -0.3 is 14.0 Å². The summed E-state index contributed by atoms with van der Waals surface area (Å²) >= 11 is 7.24. The van der Waals surface area contributed by atoms with Gasteiger partial charge in [0.15, 0.2) is 16.3 Å². The van der Waals surface area contributed by atoms with Crippen LogP contribution in [0.25, 0.3) is 10.2 Å². The third-order valence-electron chi connectivity index (χ3n) is 3.85. The predicted molar refractivity (Wildman–Crippen MR) is 93.1 cm³/mol. The summed E-state index contributed by atoms with van der Waals surface area (Å²) in [5.74, 6) is -0.0948. The first-order valence-electron chi connectivity index (χ1n) is 7.47. The predicted octanol–water partition coefficient (Wildman–Crippen LogP) is 3.54. The highest BCUT2D eigenvalue weighted by Crippen LogP contribution is 2.35. The fraction of sp³-hybridized carbons (Fsp3) is 0.176. The minimum atomic E-state index is -0.720. The van der Waals surface area contributed by atoms with E-state index in [0.29, 0.717) is 29.5 Å². The van der Waals surface area contributed by atoms with Crippen LogP contribution in [0.15, 0.2) is 35.3 Å². The number of ether oxygens (including phenoxy) is 2. The first kappa shape index (κ1) is 16.1. The fourth-order valence-electron chi connectivity index (χ4n) is 2.62. The Balaban J connectivity index is 1.85. The number of hydrogen-bond donors (Lipinski definition) is 0. The summed E-state index contributed by atoms with van der Waals surface area (Å²) in [6.07, 6.45) is 0. The van der Waals surface area contributed by atoms with E-state index in [1.807, 2.05) is 12.1 Å². The molecule has 3 aromatic rings. The highest BCUT2D eigenvalue weighted by atomic mass is 35.5. The van der Waals surface area contributed by atoms with Crippen LogP contribution in [0.5, 0.6) is 11.5 Å². The number of rotatable bonds is 1. The summed E-state index contributed by atoms with van der Waals surface area (Å²) in [4.78, 5) is 16.9. The summed E-state index contributed by atoms with van der Waals surface area (Å²) < 4.78 is 27.7. The van der Waals surface area contributed by atoms with Gasteiger partial charge in [0.25, 0.3) is 5.91 Å². The first-order chi connectivity index (χ1) is 12.0. The molecule has 128 valence electrons. The second-order valence-corrected chi connectivity index (χ2v) is 6.84. The number of thiazole rings is 1. The third-order valence-corrected chi connectivity index (χ3v) is 5.26. The van der Waals surface area contributed by atoms with Gasteiger partial charge in [-0.15, -0.1) is 0 Å². The van der Waals surface area contributed by atoms with Crippen LogP contribution in [0.2, 0.25) is 5.02 Å². The molecule has 5 nitrogen and oxygen atoms in total. The molecule has 0 atom stereocenters. The van der Waals surface area contributed by atoms with Crippen molar-refractivity contribution in [3.63, 3.8) is 0 Å². The molecule has 0 saturated carbocycles. The zero-order valence-corrected chi connectivity index (χ0v) is 14.7. The molecule has 0 radical (unpaired) electrons. The van der Waals surface area contributed by atoms with Gasteiger partial charge in [0.2, 0.25) is 0 Å². The second kappa shape index (κ2) is 6.16. The normalized spacial score (nSPS) is 14.1. The van der Waals surface area contributed by atoms with Crippen molar-refractivity contribution < 1.29 is 18.7 Å². The Morgan fingerprint density at radius 3 is 2.72 bits per heavy atom. The van der Waals surface area contributed by atoms with Crippen molar-refractivity contribution in [1.29, 1.82) is 0 Å². The quantitative estimate of drug-likeness (QED) is 0.650. The molecule has 1 aliphatic rings. The van der Waals surface area contributed by atoms with E-state index in [1.165, 1.54) is 29.5 Å². The Kier molecular flexibility index (Phi) is 3.97. The van der Waals surface area contributed by atoms with E-state index >= 15 is 0 Å². The Labute approximate surface area is 150 Å². The molecule has 0 fully saturated rings. The van der Waals surface area contributed by atoms with Crippen LogP contribution in [0, 0.1) is 5.82 Å². The second-order valence-electron chi connectivity index (χ2n) is 5.42. The zero-order valence-electron chi connectivity index (χ0n) is 13.1. The number of fused-ring (bicyclic) bond motifs is 2. The lowest BCUT2D eigenvalue weighted by Crippen LogP contribution is -2.16. The van der Waals surface area contributed by atoms with Crippen LogP contribution in [0.1, 0.15) is 10.4 Å². The average molecular weight is 379 g/mol. The van der Waals surface area contributed by atoms with Crippen molar-refractivity contribution >= 4 is 39.1 Å². The SMILES string of the molecule is Cn1c(=NC(=O)c2c(F)cccc2Cl)sc2cc3c(cc21)OCCO3. The maximum absolute atomic E-state index is 13.9. The van der Waals surface area contributed by atoms with Crippen LogP contribution < -0.4 is 14.3 Å². The molecule has 8 heteroatoms. The number of aryl methyl sites for hydroxylation is 1. The van der Waals surface area contributed by atoms with Gasteiger partial charge in [-0.25, -0.2) is 4.39 Å². The van der Waals surface area contributed by atoms with Gasteiger partial charge in [-0.3, -0.25) is 4.79 Å². The summed E-state index contributed by atoms with van der Waals surface area (Å²) in [7, 11) is 1.78. The van der Waals surface area contributed by atoms with Gasteiger partial charge in [-0.2, -0.15) is 4.99 Å². The molecule has 0 unspecified atom stereocenters. The molecule has 0 spiro atoms. The van der Waals surface area contributed by atoms with Crippen molar-refractivity contribution in [2.75, 3.05) is 13.2 Å². The maximum atomic E-state index is 13.9. The molecule has 0 aliphatic carbocycles. The fourth-order valence-corrected chi connectivity index (χ4v) is 3.89. The van der Waals surface area contributed by atoms with Crippen LogP contribution >= 0.6 is 22.9 Å². The lowest BCUT2D eigenvalue weighted by atomic mass is 10.2. The molecule has 0 N–H and O–H groups in total. The molecule has 0 bridgehead atoms. The summed E-state index contributed by atoms with van der Waals surface area (Å²) in [6, 6.07) is 7.79. The summed E-state index contributed by atoms with van der Waals surface area (Å²) in [5, 5.41) is 0.0368. The molecular formula is C17H12ClFN2O3S. The number of aromatic nitrogens is 1. The van der Waals surface area contributed by atoms with E-state index in [1.54, 1.807) is 11.6 Å². The number of carbonyl (C=O) groups excluding carboxylic acids is 1. The average Bonchev–Trinajstić information content (AvgIpc) is 2.88. The number of hydrogen-bond acceptors (Lipinski definition) is 4. The Hall–Kier alpha value is -2.38. The van der Waals surface area contributed by atoms with E-state index in [2.05, 4.69) is 4.99 Å². The molecule has 2 heterocycles. The molecular weight excluding hydrogens is 367 g/mol. The van der Waals surface area contributed by atoms with Crippen molar-refractivity contribution in [3.8, 4) is 11.5 Å². The largest absolute Gasteiger partial charge is 0.486 e. The van der Waals surface area contributed by atoms with E-state index in [-0.39, 0.29) is 10.6 Å². The van der Waals surface area contributed by atoms with E-state index < -0.39 is 11.7 Å². The van der Waals surface area contributed by atoms with Gasteiger partial charge in [0.05, 0.1) is 20.8 Å². The van der Waals surface area contributed by atoms with Crippen LogP contribution in [-0.2, 0) is 7.05 Å².